The van der Waals surface area contributed by atoms with Gasteiger partial charge in [-0.1, -0.05) is 29.8 Å². The second kappa shape index (κ2) is 8.11. The molecular formula is C14H21ClN2O. The maximum Gasteiger partial charge on any atom is 0.220 e. The highest BCUT2D eigenvalue weighted by Gasteiger charge is 2.09. The molecule has 0 aliphatic heterocycles. The van der Waals surface area contributed by atoms with E-state index in [2.05, 4.69) is 10.6 Å². The Balaban J connectivity index is 2.35. The number of halogens is 1. The van der Waals surface area contributed by atoms with Gasteiger partial charge >= 0.3 is 0 Å². The van der Waals surface area contributed by atoms with Gasteiger partial charge in [0.05, 0.1) is 0 Å². The summed E-state index contributed by atoms with van der Waals surface area (Å²) in [6.07, 6.45) is 2.19. The zero-order chi connectivity index (χ0) is 13.4. The number of carbonyl (C=O) groups is 1. The van der Waals surface area contributed by atoms with Crippen molar-refractivity contribution in [1.29, 1.82) is 0 Å². The van der Waals surface area contributed by atoms with Crippen LogP contribution in [0.3, 0.4) is 0 Å². The number of amides is 1. The van der Waals surface area contributed by atoms with Crippen molar-refractivity contribution in [3.05, 3.63) is 34.9 Å². The molecule has 0 aliphatic rings. The van der Waals surface area contributed by atoms with Crippen LogP contribution in [0.1, 0.15) is 25.3 Å². The van der Waals surface area contributed by atoms with E-state index < -0.39 is 0 Å². The summed E-state index contributed by atoms with van der Waals surface area (Å²) in [4.78, 5) is 11.6. The van der Waals surface area contributed by atoms with Crippen LogP contribution in [-0.4, -0.2) is 25.5 Å². The second-order valence-corrected chi connectivity index (χ2v) is 4.88. The van der Waals surface area contributed by atoms with E-state index in [-0.39, 0.29) is 11.9 Å². The molecule has 0 aliphatic carbocycles. The monoisotopic (exact) mass is 268 g/mol. The fraction of sp³-hybridized carbons (Fsp3) is 0.500. The minimum absolute atomic E-state index is 0.102. The number of carbonyl (C=O) groups excluding carboxylic acids is 1. The van der Waals surface area contributed by atoms with Crippen molar-refractivity contribution < 1.29 is 4.79 Å². The Morgan fingerprint density at radius 1 is 1.39 bits per heavy atom. The van der Waals surface area contributed by atoms with Gasteiger partial charge in [0.2, 0.25) is 5.91 Å². The van der Waals surface area contributed by atoms with Gasteiger partial charge in [-0.3, -0.25) is 4.79 Å². The molecule has 3 nitrogen and oxygen atoms in total. The molecule has 0 aromatic heterocycles. The van der Waals surface area contributed by atoms with Crippen molar-refractivity contribution in [3.63, 3.8) is 0 Å². The highest BCUT2D eigenvalue weighted by molar-refractivity contribution is 6.31. The summed E-state index contributed by atoms with van der Waals surface area (Å²) in [6, 6.07) is 7.84. The standard InChI is InChI=1S/C14H21ClN2O/c1-11(17-14(18)8-5-9-16-2)10-12-6-3-4-7-13(12)15/h3-4,6-7,11,16H,5,8-10H2,1-2H3,(H,17,18). The van der Waals surface area contributed by atoms with Crippen LogP contribution in [0.5, 0.6) is 0 Å². The molecule has 1 amide bonds. The van der Waals surface area contributed by atoms with Gasteiger partial charge in [0, 0.05) is 17.5 Å². The topological polar surface area (TPSA) is 41.1 Å². The van der Waals surface area contributed by atoms with E-state index in [1.54, 1.807) is 0 Å². The predicted octanol–water partition coefficient (Wildman–Crippen LogP) is 2.39. The fourth-order valence-corrected chi connectivity index (χ4v) is 2.03. The molecule has 0 radical (unpaired) electrons. The highest BCUT2D eigenvalue weighted by Crippen LogP contribution is 2.16. The molecule has 0 saturated carbocycles. The Morgan fingerprint density at radius 2 is 2.11 bits per heavy atom. The van der Waals surface area contributed by atoms with Crippen LogP contribution in [0.4, 0.5) is 0 Å². The zero-order valence-corrected chi connectivity index (χ0v) is 11.8. The second-order valence-electron chi connectivity index (χ2n) is 4.47. The van der Waals surface area contributed by atoms with Crippen LogP contribution in [0.2, 0.25) is 5.02 Å². The average Bonchev–Trinajstić information content (AvgIpc) is 2.32. The summed E-state index contributed by atoms with van der Waals surface area (Å²) in [7, 11) is 1.89. The molecule has 100 valence electrons. The van der Waals surface area contributed by atoms with Crippen LogP contribution >= 0.6 is 11.6 Å². The predicted molar refractivity (Wildman–Crippen MR) is 75.9 cm³/mol. The Hall–Kier alpha value is -1.06. The maximum atomic E-state index is 11.6. The Labute approximate surface area is 114 Å². The number of benzene rings is 1. The molecular weight excluding hydrogens is 248 g/mol. The fourth-order valence-electron chi connectivity index (χ4n) is 1.82. The lowest BCUT2D eigenvalue weighted by Gasteiger charge is -2.14. The Bertz CT molecular complexity index is 382. The molecule has 1 rings (SSSR count). The zero-order valence-electron chi connectivity index (χ0n) is 11.0. The summed E-state index contributed by atoms with van der Waals surface area (Å²) in [5.41, 5.74) is 1.07. The maximum absolute atomic E-state index is 11.6. The molecule has 0 bridgehead atoms. The van der Waals surface area contributed by atoms with Crippen molar-refractivity contribution in [2.75, 3.05) is 13.6 Å². The lowest BCUT2D eigenvalue weighted by atomic mass is 10.1. The first kappa shape index (κ1) is 15.0. The first-order valence-electron chi connectivity index (χ1n) is 6.31. The molecule has 1 aromatic carbocycles. The SMILES string of the molecule is CNCCCC(=O)NC(C)Cc1ccccc1Cl. The molecule has 0 saturated heterocycles. The summed E-state index contributed by atoms with van der Waals surface area (Å²) in [5, 5.41) is 6.77. The Kier molecular flexibility index (Phi) is 6.76. The lowest BCUT2D eigenvalue weighted by Crippen LogP contribution is -2.34. The minimum Gasteiger partial charge on any atom is -0.353 e. The van der Waals surface area contributed by atoms with Crippen LogP contribution in [-0.2, 0) is 11.2 Å². The first-order chi connectivity index (χ1) is 8.63. The number of nitrogens with one attached hydrogen (secondary N) is 2. The van der Waals surface area contributed by atoms with Crippen molar-refractivity contribution in [3.8, 4) is 0 Å². The third kappa shape index (κ3) is 5.52. The first-order valence-corrected chi connectivity index (χ1v) is 6.68. The van der Waals surface area contributed by atoms with Gasteiger partial charge in [-0.2, -0.15) is 0 Å². The van der Waals surface area contributed by atoms with Crippen molar-refractivity contribution in [2.24, 2.45) is 0 Å². The van der Waals surface area contributed by atoms with Gasteiger partial charge in [-0.05, 0) is 45.0 Å². The van der Waals surface area contributed by atoms with Gasteiger partial charge in [-0.15, -0.1) is 0 Å². The number of hydrogen-bond acceptors (Lipinski definition) is 2. The molecule has 1 unspecified atom stereocenters. The summed E-state index contributed by atoms with van der Waals surface area (Å²) in [5.74, 6) is 0.102. The van der Waals surface area contributed by atoms with Crippen molar-refractivity contribution >= 4 is 17.5 Å². The van der Waals surface area contributed by atoms with Crippen molar-refractivity contribution in [2.45, 2.75) is 32.2 Å². The number of rotatable bonds is 7. The lowest BCUT2D eigenvalue weighted by molar-refractivity contribution is -0.121. The van der Waals surface area contributed by atoms with Crippen LogP contribution in [0.25, 0.3) is 0 Å². The van der Waals surface area contributed by atoms with E-state index >= 15 is 0 Å². The van der Waals surface area contributed by atoms with E-state index in [9.17, 15) is 4.79 Å². The minimum atomic E-state index is 0.102. The Morgan fingerprint density at radius 3 is 2.78 bits per heavy atom. The van der Waals surface area contributed by atoms with E-state index in [4.69, 9.17) is 11.6 Å². The number of hydrogen-bond donors (Lipinski definition) is 2. The van der Waals surface area contributed by atoms with Gasteiger partial charge in [0.15, 0.2) is 0 Å². The average molecular weight is 269 g/mol. The molecule has 1 aromatic rings. The molecule has 2 N–H and O–H groups in total. The summed E-state index contributed by atoms with van der Waals surface area (Å²) >= 11 is 6.09. The van der Waals surface area contributed by atoms with E-state index in [0.29, 0.717) is 6.42 Å². The molecule has 4 heteroatoms. The molecule has 1 atom stereocenters. The normalized spacial score (nSPS) is 12.2. The summed E-state index contributed by atoms with van der Waals surface area (Å²) in [6.45, 7) is 2.87. The van der Waals surface area contributed by atoms with E-state index in [1.807, 2.05) is 38.2 Å². The van der Waals surface area contributed by atoms with Crippen LogP contribution in [0, 0.1) is 0 Å². The largest absolute Gasteiger partial charge is 0.353 e. The molecule has 0 heterocycles. The third-order valence-corrected chi connectivity index (χ3v) is 3.09. The smallest absolute Gasteiger partial charge is 0.220 e. The van der Waals surface area contributed by atoms with Crippen LogP contribution < -0.4 is 10.6 Å². The molecule has 18 heavy (non-hydrogen) atoms. The van der Waals surface area contributed by atoms with Gasteiger partial charge in [0.25, 0.3) is 0 Å². The quantitative estimate of drug-likeness (QED) is 0.746. The molecule has 0 spiro atoms. The van der Waals surface area contributed by atoms with Gasteiger partial charge in [0.1, 0.15) is 0 Å². The third-order valence-electron chi connectivity index (χ3n) is 2.72. The molecule has 0 fully saturated rings. The van der Waals surface area contributed by atoms with Gasteiger partial charge in [-0.25, -0.2) is 0 Å². The van der Waals surface area contributed by atoms with E-state index in [1.165, 1.54) is 0 Å². The van der Waals surface area contributed by atoms with Crippen molar-refractivity contribution in [1.82, 2.24) is 10.6 Å². The van der Waals surface area contributed by atoms with Crippen LogP contribution in [0.15, 0.2) is 24.3 Å². The highest BCUT2D eigenvalue weighted by atomic mass is 35.5. The summed E-state index contributed by atoms with van der Waals surface area (Å²) < 4.78 is 0. The van der Waals surface area contributed by atoms with E-state index in [0.717, 1.165) is 30.0 Å². The van der Waals surface area contributed by atoms with Gasteiger partial charge < -0.3 is 10.6 Å².